The summed E-state index contributed by atoms with van der Waals surface area (Å²) >= 11 is 0. The Morgan fingerprint density at radius 1 is 1.42 bits per heavy atom. The molecule has 0 unspecified atom stereocenters. The molecule has 3 aromatic rings. The molecule has 0 saturated heterocycles. The highest BCUT2D eigenvalue weighted by atomic mass is 16.6. The summed E-state index contributed by atoms with van der Waals surface area (Å²) < 4.78 is 6.09. The molecule has 1 aromatic carbocycles. The number of aryl methyl sites for hydroxylation is 1. The topological polar surface area (TPSA) is 120 Å². The fourth-order valence-corrected chi connectivity index (χ4v) is 2.23. The van der Waals surface area contributed by atoms with Crippen LogP contribution < -0.4 is 11.1 Å². The molecule has 0 aliphatic carbocycles. The van der Waals surface area contributed by atoms with E-state index in [1.165, 1.54) is 24.4 Å². The van der Waals surface area contributed by atoms with Gasteiger partial charge in [-0.3, -0.25) is 14.9 Å². The van der Waals surface area contributed by atoms with Crippen molar-refractivity contribution in [3.63, 3.8) is 0 Å². The van der Waals surface area contributed by atoms with Crippen LogP contribution in [0.5, 0.6) is 0 Å². The Morgan fingerprint density at radius 3 is 2.96 bits per heavy atom. The van der Waals surface area contributed by atoms with E-state index in [1.807, 2.05) is 0 Å². The molecule has 0 aliphatic heterocycles. The minimum Gasteiger partial charge on any atom is -0.406 e. The number of fused-ring (bicyclic) bond motifs is 1. The fourth-order valence-electron chi connectivity index (χ4n) is 2.23. The zero-order valence-corrected chi connectivity index (χ0v) is 12.6. The number of aromatic nitrogens is 2. The summed E-state index contributed by atoms with van der Waals surface area (Å²) in [6.45, 7) is 1.39. The molecular weight excluding hydrogens is 316 g/mol. The summed E-state index contributed by atoms with van der Waals surface area (Å²) in [6, 6.07) is 7.34. The quantitative estimate of drug-likeness (QED) is 0.576. The van der Waals surface area contributed by atoms with Crippen molar-refractivity contribution in [1.29, 1.82) is 0 Å². The van der Waals surface area contributed by atoms with Crippen molar-refractivity contribution in [1.82, 2.24) is 9.55 Å². The van der Waals surface area contributed by atoms with E-state index in [0.717, 1.165) is 4.57 Å². The molecule has 0 saturated carbocycles. The number of pyridine rings is 1. The number of anilines is 1. The number of carbonyl (C=O) groups is 1. The van der Waals surface area contributed by atoms with Crippen molar-refractivity contribution in [3.05, 3.63) is 62.8 Å². The van der Waals surface area contributed by atoms with Crippen LogP contribution in [0.25, 0.3) is 11.2 Å². The van der Waals surface area contributed by atoms with Crippen LogP contribution in [-0.4, -0.2) is 20.4 Å². The van der Waals surface area contributed by atoms with Crippen LogP contribution in [0.2, 0.25) is 0 Å². The predicted octanol–water partition coefficient (Wildman–Crippen LogP) is 1.84. The number of rotatable bonds is 4. The lowest BCUT2D eigenvalue weighted by Crippen LogP contribution is -2.25. The van der Waals surface area contributed by atoms with E-state index in [4.69, 9.17) is 4.42 Å². The number of nitro groups is 1. The molecule has 9 heteroatoms. The van der Waals surface area contributed by atoms with Gasteiger partial charge in [-0.2, -0.15) is 0 Å². The molecule has 0 fully saturated rings. The van der Waals surface area contributed by atoms with Crippen LogP contribution in [0.1, 0.15) is 5.56 Å². The molecule has 0 aliphatic rings. The van der Waals surface area contributed by atoms with E-state index in [0.29, 0.717) is 11.3 Å². The first-order valence-electron chi connectivity index (χ1n) is 6.95. The normalized spacial score (nSPS) is 10.7. The van der Waals surface area contributed by atoms with Crippen molar-refractivity contribution >= 4 is 28.5 Å². The van der Waals surface area contributed by atoms with Gasteiger partial charge < -0.3 is 9.73 Å². The molecule has 0 spiro atoms. The maximum atomic E-state index is 12.2. The third-order valence-corrected chi connectivity index (χ3v) is 3.43. The van der Waals surface area contributed by atoms with Crippen LogP contribution in [-0.2, 0) is 11.3 Å². The van der Waals surface area contributed by atoms with Gasteiger partial charge in [-0.1, -0.05) is 6.07 Å². The van der Waals surface area contributed by atoms with E-state index in [2.05, 4.69) is 10.3 Å². The third-order valence-electron chi connectivity index (χ3n) is 3.43. The van der Waals surface area contributed by atoms with E-state index in [-0.39, 0.29) is 23.5 Å². The molecule has 2 aromatic heterocycles. The predicted molar refractivity (Wildman–Crippen MR) is 84.7 cm³/mol. The van der Waals surface area contributed by atoms with Crippen molar-refractivity contribution < 1.29 is 14.1 Å². The van der Waals surface area contributed by atoms with E-state index in [1.54, 1.807) is 19.1 Å². The maximum absolute atomic E-state index is 12.2. The van der Waals surface area contributed by atoms with Gasteiger partial charge in [0, 0.05) is 18.3 Å². The molecule has 0 atom stereocenters. The molecule has 1 amide bonds. The zero-order valence-electron chi connectivity index (χ0n) is 12.6. The third kappa shape index (κ3) is 2.86. The second-order valence-corrected chi connectivity index (χ2v) is 5.08. The number of amides is 1. The lowest BCUT2D eigenvalue weighted by molar-refractivity contribution is -0.384. The van der Waals surface area contributed by atoms with Gasteiger partial charge in [0.1, 0.15) is 6.54 Å². The van der Waals surface area contributed by atoms with Gasteiger partial charge in [0.05, 0.1) is 10.6 Å². The highest BCUT2D eigenvalue weighted by molar-refractivity contribution is 5.92. The molecule has 2 heterocycles. The first-order valence-corrected chi connectivity index (χ1v) is 6.95. The molecule has 122 valence electrons. The number of carbonyl (C=O) groups excluding carboxylic acids is 1. The lowest BCUT2D eigenvalue weighted by atomic mass is 10.2. The van der Waals surface area contributed by atoms with Crippen molar-refractivity contribution in [2.24, 2.45) is 0 Å². The Labute approximate surface area is 134 Å². The van der Waals surface area contributed by atoms with E-state index in [9.17, 15) is 19.7 Å². The van der Waals surface area contributed by atoms with E-state index < -0.39 is 16.6 Å². The Morgan fingerprint density at radius 2 is 2.21 bits per heavy atom. The van der Waals surface area contributed by atoms with Gasteiger partial charge in [0.15, 0.2) is 11.2 Å². The highest BCUT2D eigenvalue weighted by Crippen LogP contribution is 2.21. The molecule has 0 radical (unpaired) electrons. The average molecular weight is 328 g/mol. The number of non-ortho nitro benzene ring substituents is 1. The molecule has 0 bridgehead atoms. The summed E-state index contributed by atoms with van der Waals surface area (Å²) in [5.74, 6) is -1.22. The minimum atomic E-state index is -0.699. The van der Waals surface area contributed by atoms with E-state index >= 15 is 0 Å². The van der Waals surface area contributed by atoms with Crippen LogP contribution in [0.4, 0.5) is 11.4 Å². The van der Waals surface area contributed by atoms with Gasteiger partial charge >= 0.3 is 5.76 Å². The van der Waals surface area contributed by atoms with Crippen LogP contribution in [0, 0.1) is 17.0 Å². The summed E-state index contributed by atoms with van der Waals surface area (Å²) in [6.07, 6.45) is 1.48. The second kappa shape index (κ2) is 5.95. The minimum absolute atomic E-state index is 0.136. The summed E-state index contributed by atoms with van der Waals surface area (Å²) in [5, 5.41) is 13.4. The van der Waals surface area contributed by atoms with Gasteiger partial charge in [-0.25, -0.2) is 14.3 Å². The molecule has 3 rings (SSSR count). The van der Waals surface area contributed by atoms with Crippen LogP contribution in [0.3, 0.4) is 0 Å². The SMILES string of the molecule is Cc1ccc([N+](=O)[O-])cc1NC(=O)Cn1c(=O)oc2cccnc21. The lowest BCUT2D eigenvalue weighted by Gasteiger charge is -2.08. The van der Waals surface area contributed by atoms with Gasteiger partial charge in [-0.05, 0) is 24.6 Å². The molecule has 9 nitrogen and oxygen atoms in total. The van der Waals surface area contributed by atoms with Crippen LogP contribution in [0.15, 0.2) is 45.7 Å². The second-order valence-electron chi connectivity index (χ2n) is 5.08. The average Bonchev–Trinajstić information content (AvgIpc) is 2.85. The smallest absolute Gasteiger partial charge is 0.406 e. The molecule has 1 N–H and O–H groups in total. The van der Waals surface area contributed by atoms with Gasteiger partial charge in [-0.15, -0.1) is 0 Å². The Bertz CT molecular complexity index is 1000. The first-order chi connectivity index (χ1) is 11.5. The highest BCUT2D eigenvalue weighted by Gasteiger charge is 2.15. The monoisotopic (exact) mass is 328 g/mol. The zero-order chi connectivity index (χ0) is 17.3. The standard InChI is InChI=1S/C15H12N4O5/c1-9-4-5-10(19(22)23)7-11(9)17-13(20)8-18-14-12(24-15(18)21)3-2-6-16-14/h2-7H,8H2,1H3,(H,17,20). The van der Waals surface area contributed by atoms with Crippen LogP contribution >= 0.6 is 0 Å². The summed E-state index contributed by atoms with van der Waals surface area (Å²) in [7, 11) is 0. The van der Waals surface area contributed by atoms with Crippen molar-refractivity contribution in [2.45, 2.75) is 13.5 Å². The Kier molecular flexibility index (Phi) is 3.82. The first kappa shape index (κ1) is 15.4. The summed E-state index contributed by atoms with van der Waals surface area (Å²) in [4.78, 5) is 38.3. The summed E-state index contributed by atoms with van der Waals surface area (Å²) in [5.41, 5.74) is 1.37. The number of nitrogens with one attached hydrogen (secondary N) is 1. The Balaban J connectivity index is 1.86. The number of nitro benzene ring substituents is 1. The Hall–Kier alpha value is -3.49. The number of hydrogen-bond donors (Lipinski definition) is 1. The maximum Gasteiger partial charge on any atom is 0.421 e. The number of nitrogens with zero attached hydrogens (tertiary/aromatic N) is 3. The largest absolute Gasteiger partial charge is 0.421 e. The fraction of sp³-hybridized carbons (Fsp3) is 0.133. The molecule has 24 heavy (non-hydrogen) atoms. The number of benzene rings is 1. The van der Waals surface area contributed by atoms with Gasteiger partial charge in [0.25, 0.3) is 5.69 Å². The van der Waals surface area contributed by atoms with Crippen molar-refractivity contribution in [3.8, 4) is 0 Å². The van der Waals surface area contributed by atoms with Crippen molar-refractivity contribution in [2.75, 3.05) is 5.32 Å². The van der Waals surface area contributed by atoms with Gasteiger partial charge in [0.2, 0.25) is 5.91 Å². The number of hydrogen-bond acceptors (Lipinski definition) is 6. The number of oxazole rings is 1. The molecular formula is C15H12N4O5.